The highest BCUT2D eigenvalue weighted by molar-refractivity contribution is 5.73. The third kappa shape index (κ3) is 3.19. The number of hydrogen-bond acceptors (Lipinski definition) is 4. The summed E-state index contributed by atoms with van der Waals surface area (Å²) in [6.45, 7) is 6.24. The molecule has 0 radical (unpaired) electrons. The number of rotatable bonds is 4. The Balaban J connectivity index is 1.84. The van der Waals surface area contributed by atoms with Crippen LogP contribution in [0.2, 0.25) is 0 Å². The Morgan fingerprint density at radius 3 is 2.57 bits per heavy atom. The molecule has 0 fully saturated rings. The van der Waals surface area contributed by atoms with Crippen LogP contribution < -0.4 is 4.74 Å². The van der Waals surface area contributed by atoms with E-state index in [1.807, 2.05) is 69.3 Å². The lowest BCUT2D eigenvalue weighted by Crippen LogP contribution is -2.19. The van der Waals surface area contributed by atoms with Crippen molar-refractivity contribution in [2.45, 2.75) is 33.6 Å². The first-order valence-corrected chi connectivity index (χ1v) is 7.65. The molecule has 5 nitrogen and oxygen atoms in total. The van der Waals surface area contributed by atoms with Crippen molar-refractivity contribution in [1.82, 2.24) is 15.0 Å². The molecule has 1 heterocycles. The van der Waals surface area contributed by atoms with E-state index in [4.69, 9.17) is 4.74 Å². The number of aromatic nitrogens is 3. The van der Waals surface area contributed by atoms with Crippen molar-refractivity contribution in [2.75, 3.05) is 0 Å². The van der Waals surface area contributed by atoms with Crippen LogP contribution in [-0.2, 0) is 6.73 Å². The summed E-state index contributed by atoms with van der Waals surface area (Å²) in [7, 11) is 0. The average Bonchev–Trinajstić information content (AvgIpc) is 2.95. The molecule has 0 saturated carbocycles. The minimum atomic E-state index is -0.605. The molecule has 0 aliphatic heterocycles. The van der Waals surface area contributed by atoms with Gasteiger partial charge in [-0.1, -0.05) is 56.3 Å². The molecule has 0 bridgehead atoms. The second-order valence-electron chi connectivity index (χ2n) is 6.66. The molecular formula is C18H21N3O2. The quantitative estimate of drug-likeness (QED) is 0.800. The van der Waals surface area contributed by atoms with Crippen molar-refractivity contribution in [2.24, 2.45) is 5.41 Å². The molecule has 0 amide bonds. The second kappa shape index (κ2) is 6.01. The molecule has 0 spiro atoms. The Hall–Kier alpha value is -2.40. The van der Waals surface area contributed by atoms with E-state index in [1.54, 1.807) is 4.68 Å². The Kier molecular flexibility index (Phi) is 4.05. The zero-order valence-electron chi connectivity index (χ0n) is 13.6. The van der Waals surface area contributed by atoms with Crippen LogP contribution in [0.25, 0.3) is 11.0 Å². The number of nitrogens with zero attached hydrogens (tertiary/aromatic N) is 3. The van der Waals surface area contributed by atoms with Gasteiger partial charge >= 0.3 is 0 Å². The Labute approximate surface area is 135 Å². The molecule has 3 aromatic rings. The largest absolute Gasteiger partial charge is 0.471 e. The number of para-hydroxylation sites is 2. The molecule has 1 atom stereocenters. The fraction of sp³-hybridized carbons (Fsp3) is 0.333. The maximum atomic E-state index is 10.6. The summed E-state index contributed by atoms with van der Waals surface area (Å²) in [6, 6.07) is 15.3. The van der Waals surface area contributed by atoms with Crippen LogP contribution in [0.3, 0.4) is 0 Å². The zero-order valence-corrected chi connectivity index (χ0v) is 13.6. The van der Waals surface area contributed by atoms with Crippen LogP contribution in [0, 0.1) is 5.41 Å². The van der Waals surface area contributed by atoms with E-state index in [2.05, 4.69) is 10.3 Å². The van der Waals surface area contributed by atoms with E-state index in [1.165, 1.54) is 0 Å². The minimum absolute atomic E-state index is 0.244. The van der Waals surface area contributed by atoms with Crippen LogP contribution in [0.5, 0.6) is 5.75 Å². The maximum Gasteiger partial charge on any atom is 0.183 e. The molecule has 1 unspecified atom stereocenters. The third-order valence-corrected chi connectivity index (χ3v) is 3.80. The van der Waals surface area contributed by atoms with Crippen molar-refractivity contribution >= 4 is 11.0 Å². The lowest BCUT2D eigenvalue weighted by molar-refractivity contribution is 0.0584. The number of benzene rings is 2. The van der Waals surface area contributed by atoms with E-state index >= 15 is 0 Å². The van der Waals surface area contributed by atoms with Gasteiger partial charge in [0.25, 0.3) is 0 Å². The number of hydrogen-bond donors (Lipinski definition) is 1. The van der Waals surface area contributed by atoms with Crippen molar-refractivity contribution < 1.29 is 9.84 Å². The monoisotopic (exact) mass is 311 g/mol. The molecule has 3 rings (SSSR count). The molecule has 2 aromatic carbocycles. The van der Waals surface area contributed by atoms with E-state index < -0.39 is 6.10 Å². The highest BCUT2D eigenvalue weighted by atomic mass is 16.5. The van der Waals surface area contributed by atoms with Gasteiger partial charge in [0, 0.05) is 5.56 Å². The van der Waals surface area contributed by atoms with Crippen molar-refractivity contribution in [3.63, 3.8) is 0 Å². The lowest BCUT2D eigenvalue weighted by atomic mass is 9.84. The number of ether oxygens (including phenoxy) is 1. The lowest BCUT2D eigenvalue weighted by Gasteiger charge is -2.27. The molecular weight excluding hydrogens is 290 g/mol. The Morgan fingerprint density at radius 1 is 1.09 bits per heavy atom. The van der Waals surface area contributed by atoms with Crippen molar-refractivity contribution in [3.05, 3.63) is 54.1 Å². The zero-order chi connectivity index (χ0) is 16.4. The predicted molar refractivity (Wildman–Crippen MR) is 89.0 cm³/mol. The smallest absolute Gasteiger partial charge is 0.183 e. The standard InChI is InChI=1S/C18H21N3O2/c1-18(2,3)17(22)13-8-4-7-11-16(13)23-12-21-15-10-6-5-9-14(15)19-20-21/h4-11,17,22H,12H2,1-3H3. The van der Waals surface area contributed by atoms with E-state index in [9.17, 15) is 5.11 Å². The van der Waals surface area contributed by atoms with Gasteiger partial charge in [0.05, 0.1) is 11.6 Å². The fourth-order valence-electron chi connectivity index (χ4n) is 2.45. The molecule has 5 heteroatoms. The summed E-state index contributed by atoms with van der Waals surface area (Å²) in [5.41, 5.74) is 2.27. The summed E-state index contributed by atoms with van der Waals surface area (Å²) < 4.78 is 7.61. The van der Waals surface area contributed by atoms with Gasteiger partial charge in [0.2, 0.25) is 0 Å². The summed E-state index contributed by atoms with van der Waals surface area (Å²) in [5.74, 6) is 0.662. The molecule has 120 valence electrons. The van der Waals surface area contributed by atoms with Gasteiger partial charge in [-0.15, -0.1) is 5.10 Å². The first-order chi connectivity index (χ1) is 11.0. The summed E-state index contributed by atoms with van der Waals surface area (Å²) in [5, 5.41) is 18.8. The van der Waals surface area contributed by atoms with Crippen LogP contribution >= 0.6 is 0 Å². The summed E-state index contributed by atoms with van der Waals surface area (Å²) in [4.78, 5) is 0. The third-order valence-electron chi connectivity index (χ3n) is 3.80. The number of aliphatic hydroxyl groups excluding tert-OH is 1. The van der Waals surface area contributed by atoms with E-state index in [0.29, 0.717) is 5.75 Å². The number of fused-ring (bicyclic) bond motifs is 1. The van der Waals surface area contributed by atoms with Crippen molar-refractivity contribution in [1.29, 1.82) is 0 Å². The van der Waals surface area contributed by atoms with Gasteiger partial charge in [0.1, 0.15) is 11.3 Å². The fourth-order valence-corrected chi connectivity index (χ4v) is 2.45. The molecule has 0 saturated heterocycles. The SMILES string of the molecule is CC(C)(C)C(O)c1ccccc1OCn1nnc2ccccc21. The van der Waals surface area contributed by atoms with Gasteiger partial charge in [-0.25, -0.2) is 4.68 Å². The predicted octanol–water partition coefficient (Wildman–Crippen LogP) is 3.55. The molecule has 23 heavy (non-hydrogen) atoms. The normalized spacial score (nSPS) is 13.2. The average molecular weight is 311 g/mol. The highest BCUT2D eigenvalue weighted by Gasteiger charge is 2.26. The second-order valence-corrected chi connectivity index (χ2v) is 6.66. The van der Waals surface area contributed by atoms with E-state index in [-0.39, 0.29) is 12.1 Å². The first-order valence-electron chi connectivity index (χ1n) is 7.65. The van der Waals surface area contributed by atoms with Gasteiger partial charge in [-0.3, -0.25) is 0 Å². The summed E-state index contributed by atoms with van der Waals surface area (Å²) in [6.07, 6.45) is -0.605. The molecule has 1 aromatic heterocycles. The minimum Gasteiger partial charge on any atom is -0.471 e. The van der Waals surface area contributed by atoms with Gasteiger partial charge in [-0.2, -0.15) is 0 Å². The Bertz CT molecular complexity index is 805. The molecule has 0 aliphatic rings. The highest BCUT2D eigenvalue weighted by Crippen LogP contribution is 2.37. The molecule has 1 N–H and O–H groups in total. The van der Waals surface area contributed by atoms with Gasteiger partial charge in [-0.05, 0) is 23.6 Å². The van der Waals surface area contributed by atoms with Gasteiger partial charge < -0.3 is 9.84 Å². The summed E-state index contributed by atoms with van der Waals surface area (Å²) >= 11 is 0. The van der Waals surface area contributed by atoms with Gasteiger partial charge in [0.15, 0.2) is 6.73 Å². The van der Waals surface area contributed by atoms with Crippen LogP contribution in [0.4, 0.5) is 0 Å². The molecule has 0 aliphatic carbocycles. The van der Waals surface area contributed by atoms with Crippen molar-refractivity contribution in [3.8, 4) is 5.75 Å². The number of aliphatic hydroxyl groups is 1. The van der Waals surface area contributed by atoms with Crippen LogP contribution in [0.1, 0.15) is 32.4 Å². The van der Waals surface area contributed by atoms with Crippen LogP contribution in [-0.4, -0.2) is 20.1 Å². The topological polar surface area (TPSA) is 60.2 Å². The Morgan fingerprint density at radius 2 is 1.78 bits per heavy atom. The first kappa shape index (κ1) is 15.5. The van der Waals surface area contributed by atoms with E-state index in [0.717, 1.165) is 16.6 Å². The van der Waals surface area contributed by atoms with Crippen LogP contribution in [0.15, 0.2) is 48.5 Å². The maximum absolute atomic E-state index is 10.6.